The maximum Gasteiger partial charge on any atom is 0.388 e. The summed E-state index contributed by atoms with van der Waals surface area (Å²) in [5, 5.41) is 41.5. The van der Waals surface area contributed by atoms with Gasteiger partial charge in [-0.05, 0) is 48.5 Å². The van der Waals surface area contributed by atoms with Crippen LogP contribution < -0.4 is 34.3 Å². The Labute approximate surface area is 437 Å². The van der Waals surface area contributed by atoms with Gasteiger partial charge in [-0.25, -0.2) is 32.3 Å². The average Bonchev–Trinajstić information content (AvgIpc) is 3.29. The molecule has 0 saturated carbocycles. The molecule has 5 rings (SSSR count). The summed E-state index contributed by atoms with van der Waals surface area (Å²) in [5.74, 6) is -7.01. The van der Waals surface area contributed by atoms with Gasteiger partial charge >= 0.3 is 50.7 Å². The van der Waals surface area contributed by atoms with Crippen LogP contribution >= 0.6 is 54.0 Å². The summed E-state index contributed by atoms with van der Waals surface area (Å²) in [6.07, 6.45) is -0.598. The number of amides is 2. The Hall–Kier alpha value is -7.35. The fraction of sp³-hybridized carbons (Fsp3) is 0.154. The van der Waals surface area contributed by atoms with Gasteiger partial charge in [-0.15, -0.1) is 0 Å². The van der Waals surface area contributed by atoms with Crippen molar-refractivity contribution in [3.8, 4) is 29.0 Å². The number of nitro groups is 1. The maximum atomic E-state index is 12.3. The highest BCUT2D eigenvalue weighted by molar-refractivity contribution is 7.90. The Balaban J connectivity index is 0.000000373. The van der Waals surface area contributed by atoms with E-state index >= 15 is 0 Å². The van der Waals surface area contributed by atoms with Gasteiger partial charge < -0.3 is 48.8 Å². The zero-order chi connectivity index (χ0) is 57.0. The number of alkyl halides is 4. The molecule has 0 aliphatic rings. The molecular weight excluding hydrogens is 1150 g/mol. The molecule has 0 spiro atoms. The number of aromatic nitrogens is 2. The van der Waals surface area contributed by atoms with E-state index < -0.39 is 107 Å². The normalized spacial score (nSPS) is 10.7. The SMILES string of the molecule is COC(=O)c1cc(Oc2ccc(Cl)cc2Cl)ccc1[N+](=O)[O-].COc1c(Cl)ccc(Cl)c1C(=O)O.O=C(Nc1nc(OC(F)F)cc(OC(F)F)n1)NS(=O)(=O)c1ccccc1C(=O)O.O=C(O)CNCP(=O)(O)O. The second kappa shape index (κ2) is 29.5. The minimum atomic E-state index is -4.71. The van der Waals surface area contributed by atoms with E-state index in [4.69, 9.17) is 81.0 Å². The van der Waals surface area contributed by atoms with E-state index in [0.717, 1.165) is 25.3 Å². The Morgan fingerprint density at radius 1 is 0.787 bits per heavy atom. The van der Waals surface area contributed by atoms with Gasteiger partial charge in [-0.2, -0.15) is 27.5 Å². The van der Waals surface area contributed by atoms with Crippen molar-refractivity contribution in [3.05, 3.63) is 126 Å². The van der Waals surface area contributed by atoms with Crippen LogP contribution in [-0.4, -0.2) is 119 Å². The lowest BCUT2D eigenvalue weighted by Gasteiger charge is -2.11. The monoisotopic (exact) mass is 1180 g/mol. The fourth-order valence-corrected chi connectivity index (χ4v) is 7.30. The molecule has 0 bridgehead atoms. The summed E-state index contributed by atoms with van der Waals surface area (Å²) in [6.45, 7) is -7.26. The lowest BCUT2D eigenvalue weighted by atomic mass is 10.1. The van der Waals surface area contributed by atoms with Gasteiger partial charge in [0.05, 0.1) is 58.7 Å². The Morgan fingerprint density at radius 2 is 1.37 bits per heavy atom. The second-order valence-electron chi connectivity index (χ2n) is 13.0. The summed E-state index contributed by atoms with van der Waals surface area (Å²) in [5.41, 5.74) is -1.35. The number of carbonyl (C=O) groups excluding carboxylic acids is 2. The molecule has 406 valence electrons. The fourth-order valence-electron chi connectivity index (χ4n) is 4.88. The third-order valence-corrected chi connectivity index (χ3v) is 10.9. The number of carboxylic acids is 3. The molecule has 4 aromatic carbocycles. The first-order valence-electron chi connectivity index (χ1n) is 19.1. The zero-order valence-electron chi connectivity index (χ0n) is 37.2. The van der Waals surface area contributed by atoms with Crippen molar-refractivity contribution in [2.24, 2.45) is 0 Å². The van der Waals surface area contributed by atoms with Gasteiger partial charge in [-0.3, -0.25) is 30.1 Å². The number of aliphatic carboxylic acids is 1. The summed E-state index contributed by atoms with van der Waals surface area (Å²) in [6, 6.07) is 14.5. The number of hydrogen-bond donors (Lipinski definition) is 8. The summed E-state index contributed by atoms with van der Waals surface area (Å²) in [7, 11) is -6.34. The Kier molecular flexibility index (Phi) is 25.1. The number of aromatic carboxylic acids is 2. The Bertz CT molecular complexity index is 3030. The Morgan fingerprint density at radius 3 is 1.85 bits per heavy atom. The number of nitrogens with one attached hydrogen (secondary N) is 3. The molecule has 5 aromatic rings. The molecule has 0 saturated heterocycles. The number of hydrogen-bond acceptors (Lipinski definition) is 18. The van der Waals surface area contributed by atoms with Gasteiger partial charge in [-0.1, -0.05) is 58.5 Å². The van der Waals surface area contributed by atoms with Crippen molar-refractivity contribution < 1.29 is 108 Å². The van der Waals surface area contributed by atoms with Gasteiger partial charge in [0.15, 0.2) is 5.75 Å². The molecule has 36 heteroatoms. The van der Waals surface area contributed by atoms with Crippen LogP contribution in [0.15, 0.2) is 83.8 Å². The van der Waals surface area contributed by atoms with Crippen molar-refractivity contribution in [1.29, 1.82) is 0 Å². The molecule has 0 aliphatic heterocycles. The highest BCUT2D eigenvalue weighted by Gasteiger charge is 2.26. The number of rotatable bonds is 18. The molecular formula is C39H33Cl4F4N6O20PS. The number of nitrogens with zero attached hydrogens (tertiary/aromatic N) is 3. The quantitative estimate of drug-likeness (QED) is 0.0136. The van der Waals surface area contributed by atoms with E-state index in [1.807, 2.05) is 0 Å². The summed E-state index contributed by atoms with van der Waals surface area (Å²) < 4.78 is 108. The van der Waals surface area contributed by atoms with Crippen molar-refractivity contribution in [2.45, 2.75) is 18.1 Å². The molecule has 0 unspecified atom stereocenters. The molecule has 8 N–H and O–H groups in total. The summed E-state index contributed by atoms with van der Waals surface area (Å²) in [4.78, 5) is 87.6. The van der Waals surface area contributed by atoms with Crippen molar-refractivity contribution in [2.75, 3.05) is 32.4 Å². The number of nitro benzene ring substituents is 1. The van der Waals surface area contributed by atoms with Crippen LogP contribution in [0.1, 0.15) is 31.1 Å². The molecule has 0 aliphatic carbocycles. The highest BCUT2D eigenvalue weighted by Crippen LogP contribution is 2.35. The van der Waals surface area contributed by atoms with Crippen LogP contribution in [0.25, 0.3) is 0 Å². The van der Waals surface area contributed by atoms with E-state index in [2.05, 4.69) is 29.5 Å². The van der Waals surface area contributed by atoms with E-state index in [0.29, 0.717) is 16.8 Å². The van der Waals surface area contributed by atoms with Crippen LogP contribution in [0.5, 0.6) is 29.0 Å². The lowest BCUT2D eigenvalue weighted by Crippen LogP contribution is -2.35. The van der Waals surface area contributed by atoms with Crippen LogP contribution in [0.2, 0.25) is 20.1 Å². The van der Waals surface area contributed by atoms with Crippen molar-refractivity contribution in [1.82, 2.24) is 20.0 Å². The minimum Gasteiger partial charge on any atom is -0.494 e. The molecule has 0 atom stereocenters. The largest absolute Gasteiger partial charge is 0.494 e. The highest BCUT2D eigenvalue weighted by atomic mass is 35.5. The molecule has 0 fully saturated rings. The number of carbonyl (C=O) groups is 5. The number of carboxylic acid groups (broad SMARTS) is 3. The van der Waals surface area contributed by atoms with E-state index in [1.54, 1.807) is 17.4 Å². The van der Waals surface area contributed by atoms with E-state index in [9.17, 15) is 64.6 Å². The second-order valence-corrected chi connectivity index (χ2v) is 17.9. The molecule has 1 heterocycles. The van der Waals surface area contributed by atoms with Gasteiger partial charge in [0.1, 0.15) is 27.5 Å². The molecule has 1 aromatic heterocycles. The van der Waals surface area contributed by atoms with Crippen LogP contribution in [0.4, 0.5) is 34.0 Å². The number of urea groups is 1. The predicted molar refractivity (Wildman–Crippen MR) is 252 cm³/mol. The standard InChI is InChI=1S/C14H9Cl2NO5.C14H10F4N4O7S.C8H6Cl2O3.C3H8NO5P/c1-21-14(18)10-7-9(3-4-12(10)17(19)20)22-13-5-2-8(15)6-11(13)16;15-11(16)28-8-5-9(29-12(17)18)20-13(19-8)21-14(25)22-30(26,27)7-4-2-1-3-6(7)10(23)24;1-13-7-5(10)3-2-4(9)6(7)8(11)12;5-3(6)1-4-2-10(7,8)9/h2-7H,1H3;1-5,11-12H,(H,23,24)(H2,19,20,21,22,25);2-3H,1H3,(H,11,12);4H,1-2H2,(H,5,6)(H2,7,8,9). The van der Waals surface area contributed by atoms with Crippen LogP contribution in [0.3, 0.4) is 0 Å². The summed E-state index contributed by atoms with van der Waals surface area (Å²) >= 11 is 23.1. The molecule has 26 nitrogen and oxygen atoms in total. The smallest absolute Gasteiger partial charge is 0.388 e. The first kappa shape index (κ1) is 63.8. The maximum absolute atomic E-state index is 12.3. The number of sulfonamides is 1. The number of benzene rings is 4. The van der Waals surface area contributed by atoms with Crippen molar-refractivity contribution in [3.63, 3.8) is 0 Å². The van der Waals surface area contributed by atoms with Gasteiger partial charge in [0.25, 0.3) is 15.7 Å². The number of methoxy groups -OCH3 is 2. The topological polar surface area (TPSA) is 389 Å². The van der Waals surface area contributed by atoms with Gasteiger partial charge in [0, 0.05) is 17.2 Å². The third-order valence-electron chi connectivity index (χ3n) is 7.72. The number of halogens is 8. The molecule has 0 radical (unpaired) electrons. The van der Waals surface area contributed by atoms with Crippen LogP contribution in [-0.2, 0) is 24.1 Å². The zero-order valence-corrected chi connectivity index (χ0v) is 41.9. The lowest BCUT2D eigenvalue weighted by molar-refractivity contribution is -0.385. The van der Waals surface area contributed by atoms with E-state index in [-0.39, 0.29) is 43.4 Å². The minimum absolute atomic E-state index is 0.0849. The third kappa shape index (κ3) is 22.0. The number of ether oxygens (including phenoxy) is 5. The predicted octanol–water partition coefficient (Wildman–Crippen LogP) is 7.86. The van der Waals surface area contributed by atoms with E-state index in [1.165, 1.54) is 54.3 Å². The number of esters is 1. The molecule has 75 heavy (non-hydrogen) atoms. The first-order chi connectivity index (χ1) is 34.9. The first-order valence-corrected chi connectivity index (χ1v) is 23.9. The molecule has 2 amide bonds. The van der Waals surface area contributed by atoms with Crippen molar-refractivity contribution >= 4 is 106 Å². The van der Waals surface area contributed by atoms with Gasteiger partial charge in [0.2, 0.25) is 17.7 Å². The number of anilines is 1. The van der Waals surface area contributed by atoms with Crippen LogP contribution in [0, 0.1) is 10.1 Å². The average molecular weight is 1190 g/mol.